The van der Waals surface area contributed by atoms with Crippen molar-refractivity contribution in [3.8, 4) is 11.5 Å². The van der Waals surface area contributed by atoms with Crippen LogP contribution in [0, 0.1) is 0 Å². The number of carbonyl (C=O) groups is 1. The van der Waals surface area contributed by atoms with E-state index >= 15 is 0 Å². The first-order valence-corrected chi connectivity index (χ1v) is 8.94. The molecule has 1 aliphatic rings. The van der Waals surface area contributed by atoms with Crippen LogP contribution in [0.2, 0.25) is 0 Å². The predicted octanol–water partition coefficient (Wildman–Crippen LogP) is 3.19. The number of hydrogen-bond acceptors (Lipinski definition) is 4. The maximum absolute atomic E-state index is 12.6. The highest BCUT2D eigenvalue weighted by atomic mass is 16.6. The molecular formula is C21H21N3O3. The second kappa shape index (κ2) is 7.53. The Morgan fingerprint density at radius 2 is 1.93 bits per heavy atom. The average molecular weight is 363 g/mol. The molecule has 1 N–H and O–H groups in total. The Labute approximate surface area is 157 Å². The molecular weight excluding hydrogens is 342 g/mol. The first kappa shape index (κ1) is 17.1. The molecule has 138 valence electrons. The van der Waals surface area contributed by atoms with Crippen LogP contribution in [0.1, 0.15) is 34.5 Å². The number of rotatable bonds is 5. The van der Waals surface area contributed by atoms with Crippen molar-refractivity contribution in [1.82, 2.24) is 14.9 Å². The molecule has 1 aliphatic heterocycles. The molecule has 6 nitrogen and oxygen atoms in total. The van der Waals surface area contributed by atoms with Gasteiger partial charge in [-0.3, -0.25) is 4.79 Å². The predicted molar refractivity (Wildman–Crippen MR) is 101 cm³/mol. The van der Waals surface area contributed by atoms with Crippen molar-refractivity contribution in [1.29, 1.82) is 0 Å². The van der Waals surface area contributed by atoms with Gasteiger partial charge in [-0.25, -0.2) is 4.98 Å². The molecule has 3 aromatic rings. The third-order valence-electron chi connectivity index (χ3n) is 4.55. The van der Waals surface area contributed by atoms with Gasteiger partial charge < -0.3 is 19.4 Å². The first-order valence-electron chi connectivity index (χ1n) is 8.94. The zero-order chi connectivity index (χ0) is 18.6. The number of amides is 1. The molecule has 0 aliphatic carbocycles. The van der Waals surface area contributed by atoms with Gasteiger partial charge in [-0.15, -0.1) is 0 Å². The van der Waals surface area contributed by atoms with Crippen LogP contribution < -0.4 is 14.8 Å². The van der Waals surface area contributed by atoms with Crippen molar-refractivity contribution >= 4 is 5.91 Å². The lowest BCUT2D eigenvalue weighted by molar-refractivity contribution is 0.0939. The minimum Gasteiger partial charge on any atom is -0.486 e. The molecule has 0 fully saturated rings. The highest BCUT2D eigenvalue weighted by Gasteiger charge is 2.16. The van der Waals surface area contributed by atoms with E-state index in [1.54, 1.807) is 12.5 Å². The summed E-state index contributed by atoms with van der Waals surface area (Å²) in [6.07, 6.45) is 5.44. The van der Waals surface area contributed by atoms with Crippen LogP contribution in [0.25, 0.3) is 0 Å². The topological polar surface area (TPSA) is 65.4 Å². The molecule has 1 atom stereocenters. The molecule has 0 unspecified atom stereocenters. The molecule has 4 rings (SSSR count). The number of nitrogens with zero attached hydrogens (tertiary/aromatic N) is 2. The maximum Gasteiger partial charge on any atom is 0.251 e. The Balaban J connectivity index is 1.41. The van der Waals surface area contributed by atoms with Crippen molar-refractivity contribution in [2.75, 3.05) is 13.2 Å². The standard InChI is InChI=1S/C21H21N3O3/c1-15(18-6-7-19-20(12-18)27-11-10-26-19)23-21(25)17-4-2-16(3-5-17)13-24-9-8-22-14-24/h2-9,12,14-15H,10-11,13H2,1H3,(H,23,25)/t15-/m0/s1. The molecule has 0 bridgehead atoms. The Bertz CT molecular complexity index is 920. The lowest BCUT2D eigenvalue weighted by Gasteiger charge is -2.21. The molecule has 0 saturated heterocycles. The van der Waals surface area contributed by atoms with Gasteiger partial charge in [0.1, 0.15) is 13.2 Å². The molecule has 1 aromatic heterocycles. The maximum atomic E-state index is 12.6. The summed E-state index contributed by atoms with van der Waals surface area (Å²) in [4.78, 5) is 16.6. The Morgan fingerprint density at radius 3 is 2.67 bits per heavy atom. The number of ether oxygens (including phenoxy) is 2. The van der Waals surface area contributed by atoms with E-state index < -0.39 is 0 Å². The number of benzene rings is 2. The number of nitrogens with one attached hydrogen (secondary N) is 1. The van der Waals surface area contributed by atoms with E-state index in [1.165, 1.54) is 0 Å². The summed E-state index contributed by atoms with van der Waals surface area (Å²) >= 11 is 0. The van der Waals surface area contributed by atoms with Crippen LogP contribution in [-0.4, -0.2) is 28.7 Å². The van der Waals surface area contributed by atoms with E-state index in [9.17, 15) is 4.79 Å². The SMILES string of the molecule is C[C@H](NC(=O)c1ccc(Cn2ccnc2)cc1)c1ccc2c(c1)OCCO2. The molecule has 0 radical (unpaired) electrons. The molecule has 1 amide bonds. The summed E-state index contributed by atoms with van der Waals surface area (Å²) in [7, 11) is 0. The Morgan fingerprint density at radius 1 is 1.15 bits per heavy atom. The van der Waals surface area contributed by atoms with Gasteiger partial charge in [-0.05, 0) is 42.3 Å². The van der Waals surface area contributed by atoms with Crippen molar-refractivity contribution in [3.63, 3.8) is 0 Å². The van der Waals surface area contributed by atoms with Gasteiger partial charge in [0.2, 0.25) is 0 Å². The number of fused-ring (bicyclic) bond motifs is 1. The molecule has 2 heterocycles. The largest absolute Gasteiger partial charge is 0.486 e. The van der Waals surface area contributed by atoms with Crippen LogP contribution in [-0.2, 0) is 6.54 Å². The quantitative estimate of drug-likeness (QED) is 0.756. The first-order chi connectivity index (χ1) is 13.2. The summed E-state index contributed by atoms with van der Waals surface area (Å²) in [6.45, 7) is 3.80. The van der Waals surface area contributed by atoms with Gasteiger partial charge in [-0.2, -0.15) is 0 Å². The molecule has 27 heavy (non-hydrogen) atoms. The molecule has 2 aromatic carbocycles. The van der Waals surface area contributed by atoms with Crippen LogP contribution >= 0.6 is 0 Å². The second-order valence-electron chi connectivity index (χ2n) is 6.53. The van der Waals surface area contributed by atoms with Gasteiger partial charge >= 0.3 is 0 Å². The van der Waals surface area contributed by atoms with Crippen LogP contribution in [0.4, 0.5) is 0 Å². The van der Waals surface area contributed by atoms with E-state index in [4.69, 9.17) is 9.47 Å². The minimum atomic E-state index is -0.140. The summed E-state index contributed by atoms with van der Waals surface area (Å²) in [5.41, 5.74) is 2.72. The number of aromatic nitrogens is 2. The number of imidazole rings is 1. The van der Waals surface area contributed by atoms with Crippen LogP contribution in [0.15, 0.2) is 61.2 Å². The lowest BCUT2D eigenvalue weighted by atomic mass is 10.1. The summed E-state index contributed by atoms with van der Waals surface area (Å²) in [5.74, 6) is 1.37. The van der Waals surface area contributed by atoms with E-state index in [0.29, 0.717) is 18.8 Å². The fourth-order valence-corrected chi connectivity index (χ4v) is 3.05. The van der Waals surface area contributed by atoms with Gasteiger partial charge in [0.25, 0.3) is 5.91 Å². The molecule has 0 saturated carbocycles. The summed E-state index contributed by atoms with van der Waals surface area (Å²) < 4.78 is 13.1. The van der Waals surface area contributed by atoms with Gasteiger partial charge in [0.15, 0.2) is 11.5 Å². The van der Waals surface area contributed by atoms with Crippen molar-refractivity contribution in [2.24, 2.45) is 0 Å². The van der Waals surface area contributed by atoms with E-state index in [2.05, 4.69) is 10.3 Å². The fraction of sp³-hybridized carbons (Fsp3) is 0.238. The van der Waals surface area contributed by atoms with Gasteiger partial charge in [0, 0.05) is 24.5 Å². The monoisotopic (exact) mass is 363 g/mol. The van der Waals surface area contributed by atoms with E-state index in [0.717, 1.165) is 29.2 Å². The summed E-state index contributed by atoms with van der Waals surface area (Å²) in [5, 5.41) is 3.03. The highest BCUT2D eigenvalue weighted by molar-refractivity contribution is 5.94. The third kappa shape index (κ3) is 3.95. The van der Waals surface area contributed by atoms with Crippen LogP contribution in [0.5, 0.6) is 11.5 Å². The number of carbonyl (C=O) groups excluding carboxylic acids is 1. The zero-order valence-electron chi connectivity index (χ0n) is 15.1. The van der Waals surface area contributed by atoms with E-state index in [-0.39, 0.29) is 11.9 Å². The van der Waals surface area contributed by atoms with Gasteiger partial charge in [-0.1, -0.05) is 18.2 Å². The zero-order valence-corrected chi connectivity index (χ0v) is 15.1. The normalized spacial score (nSPS) is 13.8. The lowest BCUT2D eigenvalue weighted by Crippen LogP contribution is -2.26. The number of hydrogen-bond donors (Lipinski definition) is 1. The van der Waals surface area contributed by atoms with Crippen molar-refractivity contribution < 1.29 is 14.3 Å². The third-order valence-corrected chi connectivity index (χ3v) is 4.55. The second-order valence-corrected chi connectivity index (χ2v) is 6.53. The average Bonchev–Trinajstić information content (AvgIpc) is 3.21. The molecule has 6 heteroatoms. The summed E-state index contributed by atoms with van der Waals surface area (Å²) in [6, 6.07) is 13.2. The Hall–Kier alpha value is -3.28. The van der Waals surface area contributed by atoms with Gasteiger partial charge in [0.05, 0.1) is 12.4 Å². The van der Waals surface area contributed by atoms with Crippen molar-refractivity contribution in [2.45, 2.75) is 19.5 Å². The fourth-order valence-electron chi connectivity index (χ4n) is 3.05. The molecule has 0 spiro atoms. The van der Waals surface area contributed by atoms with E-state index in [1.807, 2.05) is 60.2 Å². The minimum absolute atomic E-state index is 0.105. The van der Waals surface area contributed by atoms with Crippen LogP contribution in [0.3, 0.4) is 0 Å². The highest BCUT2D eigenvalue weighted by Crippen LogP contribution is 2.32. The van der Waals surface area contributed by atoms with Crippen molar-refractivity contribution in [3.05, 3.63) is 77.9 Å². The smallest absolute Gasteiger partial charge is 0.251 e. The Kier molecular flexibility index (Phi) is 4.78.